The highest BCUT2D eigenvalue weighted by molar-refractivity contribution is 5.99. The zero-order valence-corrected chi connectivity index (χ0v) is 7.60. The molecule has 1 aromatic heterocycles. The van der Waals surface area contributed by atoms with Crippen molar-refractivity contribution < 1.29 is 0 Å². The van der Waals surface area contributed by atoms with E-state index in [1.165, 1.54) is 0 Å². The molecule has 1 heterocycles. The molecule has 0 amide bonds. The van der Waals surface area contributed by atoms with Crippen LogP contribution in [0.25, 0.3) is 0 Å². The van der Waals surface area contributed by atoms with Crippen molar-refractivity contribution in [3.63, 3.8) is 0 Å². The van der Waals surface area contributed by atoms with Crippen molar-refractivity contribution in [2.24, 2.45) is 0 Å². The van der Waals surface area contributed by atoms with Crippen LogP contribution in [-0.4, -0.2) is 17.7 Å². The van der Waals surface area contributed by atoms with Crippen LogP contribution in [0, 0.1) is 12.3 Å². The third kappa shape index (κ3) is 1.61. The molecule has 0 bridgehead atoms. The lowest BCUT2D eigenvalue weighted by Crippen LogP contribution is -2.03. The molecule has 0 saturated carbocycles. The summed E-state index contributed by atoms with van der Waals surface area (Å²) in [5, 5.41) is 10.5. The Morgan fingerprint density at radius 1 is 1.58 bits per heavy atom. The predicted octanol–water partition coefficient (Wildman–Crippen LogP) is 1.82. The van der Waals surface area contributed by atoms with Gasteiger partial charge in [-0.3, -0.25) is 4.98 Å². The van der Waals surface area contributed by atoms with Crippen LogP contribution >= 0.6 is 0 Å². The molecule has 0 spiro atoms. The molecule has 0 atom stereocenters. The fourth-order valence-electron chi connectivity index (χ4n) is 1.06. The van der Waals surface area contributed by atoms with Gasteiger partial charge in [0.15, 0.2) is 0 Å². The van der Waals surface area contributed by atoms with E-state index in [9.17, 15) is 0 Å². The molecule has 1 aromatic rings. The highest BCUT2D eigenvalue weighted by atomic mass is 14.9. The molecule has 0 aliphatic rings. The molecule has 1 rings (SSSR count). The van der Waals surface area contributed by atoms with Crippen LogP contribution in [0.1, 0.15) is 18.2 Å². The largest absolute Gasteiger partial charge is 0.386 e. The molecule has 2 N–H and O–H groups in total. The maximum absolute atomic E-state index is 7.45. The number of aromatic nitrogens is 1. The number of hydrogen-bond acceptors (Lipinski definition) is 3. The van der Waals surface area contributed by atoms with Gasteiger partial charge in [0, 0.05) is 13.2 Å². The van der Waals surface area contributed by atoms with E-state index >= 15 is 0 Å². The van der Waals surface area contributed by atoms with E-state index in [1.807, 2.05) is 20.0 Å². The number of rotatable bonds is 2. The summed E-state index contributed by atoms with van der Waals surface area (Å²) in [5.74, 6) is 0. The van der Waals surface area contributed by atoms with Crippen LogP contribution in [0.5, 0.6) is 0 Å². The van der Waals surface area contributed by atoms with Crippen molar-refractivity contribution in [3.05, 3.63) is 23.5 Å². The van der Waals surface area contributed by atoms with Gasteiger partial charge in [-0.15, -0.1) is 0 Å². The molecule has 0 saturated heterocycles. The van der Waals surface area contributed by atoms with Gasteiger partial charge >= 0.3 is 0 Å². The lowest BCUT2D eigenvalue weighted by Gasteiger charge is -2.06. The first-order valence-electron chi connectivity index (χ1n) is 3.85. The third-order valence-electron chi connectivity index (χ3n) is 1.65. The van der Waals surface area contributed by atoms with E-state index < -0.39 is 0 Å². The van der Waals surface area contributed by atoms with Gasteiger partial charge in [0.05, 0.1) is 11.4 Å². The molecule has 0 aromatic carbocycles. The molecule has 12 heavy (non-hydrogen) atoms. The zero-order valence-electron chi connectivity index (χ0n) is 7.60. The average Bonchev–Trinajstić information content (AvgIpc) is 2.03. The first-order valence-corrected chi connectivity index (χ1v) is 3.85. The van der Waals surface area contributed by atoms with Gasteiger partial charge in [-0.2, -0.15) is 0 Å². The quantitative estimate of drug-likeness (QED) is 0.653. The van der Waals surface area contributed by atoms with Crippen LogP contribution in [0.4, 0.5) is 5.69 Å². The summed E-state index contributed by atoms with van der Waals surface area (Å²) in [6, 6.07) is 1.99. The SMILES string of the molecule is CNc1cc(C)cnc1C(C)=N. The Morgan fingerprint density at radius 3 is 2.75 bits per heavy atom. The average molecular weight is 163 g/mol. The van der Waals surface area contributed by atoms with E-state index in [0.717, 1.165) is 16.9 Å². The molecular formula is C9H13N3. The van der Waals surface area contributed by atoms with Crippen LogP contribution in [0.3, 0.4) is 0 Å². The molecule has 3 nitrogen and oxygen atoms in total. The van der Waals surface area contributed by atoms with Gasteiger partial charge in [-0.1, -0.05) is 0 Å². The lowest BCUT2D eigenvalue weighted by molar-refractivity contribution is 1.22. The Bertz CT molecular complexity index is 305. The van der Waals surface area contributed by atoms with Crippen molar-refractivity contribution in [1.29, 1.82) is 5.41 Å². The van der Waals surface area contributed by atoms with Crippen LogP contribution in [0.2, 0.25) is 0 Å². The molecule has 0 unspecified atom stereocenters. The zero-order chi connectivity index (χ0) is 9.14. The minimum atomic E-state index is 0.486. The minimum absolute atomic E-state index is 0.486. The minimum Gasteiger partial charge on any atom is -0.386 e. The summed E-state index contributed by atoms with van der Waals surface area (Å²) in [6.07, 6.45) is 1.77. The molecular weight excluding hydrogens is 150 g/mol. The summed E-state index contributed by atoms with van der Waals surface area (Å²) in [6.45, 7) is 3.72. The fourth-order valence-corrected chi connectivity index (χ4v) is 1.06. The summed E-state index contributed by atoms with van der Waals surface area (Å²) < 4.78 is 0. The predicted molar refractivity (Wildman–Crippen MR) is 51.0 cm³/mol. The van der Waals surface area contributed by atoms with Crippen LogP contribution in [-0.2, 0) is 0 Å². The fraction of sp³-hybridized carbons (Fsp3) is 0.333. The summed E-state index contributed by atoms with van der Waals surface area (Å²) in [4.78, 5) is 4.16. The summed E-state index contributed by atoms with van der Waals surface area (Å²) in [5.41, 5.74) is 3.23. The van der Waals surface area contributed by atoms with E-state index in [-0.39, 0.29) is 0 Å². The van der Waals surface area contributed by atoms with Gasteiger partial charge in [0.2, 0.25) is 0 Å². The second kappa shape index (κ2) is 3.34. The molecule has 64 valence electrons. The van der Waals surface area contributed by atoms with E-state index in [1.54, 1.807) is 13.1 Å². The van der Waals surface area contributed by atoms with Gasteiger partial charge < -0.3 is 10.7 Å². The van der Waals surface area contributed by atoms with Gasteiger partial charge in [-0.25, -0.2) is 0 Å². The standard InChI is InChI=1S/C9H13N3/c1-6-4-8(11-3)9(7(2)10)12-5-6/h4-5,10-11H,1-3H3. The molecule has 0 fully saturated rings. The Labute approximate surface area is 72.3 Å². The number of hydrogen-bond donors (Lipinski definition) is 2. The topological polar surface area (TPSA) is 48.8 Å². The molecule has 0 aliphatic heterocycles. The van der Waals surface area contributed by atoms with Crippen molar-refractivity contribution in [1.82, 2.24) is 4.98 Å². The van der Waals surface area contributed by atoms with Crippen molar-refractivity contribution in [2.75, 3.05) is 12.4 Å². The molecule has 0 aliphatic carbocycles. The van der Waals surface area contributed by atoms with Gasteiger partial charge in [0.1, 0.15) is 5.69 Å². The number of pyridine rings is 1. The number of nitrogens with one attached hydrogen (secondary N) is 2. The van der Waals surface area contributed by atoms with Gasteiger partial charge in [0.25, 0.3) is 0 Å². The van der Waals surface area contributed by atoms with Crippen molar-refractivity contribution in [3.8, 4) is 0 Å². The highest BCUT2D eigenvalue weighted by Crippen LogP contribution is 2.13. The van der Waals surface area contributed by atoms with Crippen molar-refractivity contribution >= 4 is 11.4 Å². The maximum Gasteiger partial charge on any atom is 0.106 e. The maximum atomic E-state index is 7.45. The number of nitrogens with zero attached hydrogens (tertiary/aromatic N) is 1. The van der Waals surface area contributed by atoms with Crippen LogP contribution in [0.15, 0.2) is 12.3 Å². The van der Waals surface area contributed by atoms with Gasteiger partial charge in [-0.05, 0) is 25.5 Å². The Hall–Kier alpha value is -1.38. The summed E-state index contributed by atoms with van der Waals surface area (Å²) in [7, 11) is 1.84. The smallest absolute Gasteiger partial charge is 0.106 e. The normalized spacial score (nSPS) is 9.58. The van der Waals surface area contributed by atoms with E-state index in [4.69, 9.17) is 5.41 Å². The number of aryl methyl sites for hydroxylation is 1. The third-order valence-corrected chi connectivity index (χ3v) is 1.65. The Morgan fingerprint density at radius 2 is 2.25 bits per heavy atom. The van der Waals surface area contributed by atoms with E-state index in [0.29, 0.717) is 5.71 Å². The molecule has 3 heteroatoms. The second-order valence-corrected chi connectivity index (χ2v) is 2.78. The van der Waals surface area contributed by atoms with E-state index in [2.05, 4.69) is 10.3 Å². The first kappa shape index (κ1) is 8.71. The lowest BCUT2D eigenvalue weighted by atomic mass is 10.2. The Balaban J connectivity index is 3.20. The monoisotopic (exact) mass is 163 g/mol. The first-order chi connectivity index (χ1) is 5.65. The second-order valence-electron chi connectivity index (χ2n) is 2.78. The highest BCUT2D eigenvalue weighted by Gasteiger charge is 2.03. The molecule has 0 radical (unpaired) electrons. The number of anilines is 1. The summed E-state index contributed by atoms with van der Waals surface area (Å²) >= 11 is 0. The Kier molecular flexibility index (Phi) is 2.43. The van der Waals surface area contributed by atoms with Crippen LogP contribution < -0.4 is 5.32 Å². The van der Waals surface area contributed by atoms with Crippen molar-refractivity contribution in [2.45, 2.75) is 13.8 Å².